The van der Waals surface area contributed by atoms with Crippen LogP contribution in [0.1, 0.15) is 18.4 Å². The van der Waals surface area contributed by atoms with E-state index in [-0.39, 0.29) is 18.5 Å². The van der Waals surface area contributed by atoms with Crippen molar-refractivity contribution in [3.8, 4) is 5.75 Å². The molecule has 2 rings (SSSR count). The number of para-hydroxylation sites is 1. The lowest BCUT2D eigenvalue weighted by Gasteiger charge is -2.18. The first-order chi connectivity index (χ1) is 9.61. The van der Waals surface area contributed by atoms with Gasteiger partial charge in [0.2, 0.25) is 5.91 Å². The van der Waals surface area contributed by atoms with Gasteiger partial charge in [0, 0.05) is 17.7 Å². The van der Waals surface area contributed by atoms with Crippen molar-refractivity contribution in [2.24, 2.45) is 0 Å². The summed E-state index contributed by atoms with van der Waals surface area (Å²) in [6, 6.07) is 7.41. The molecular formula is C15H17NO4. The Kier molecular flexibility index (Phi) is 4.40. The molecule has 5 heteroatoms. The van der Waals surface area contributed by atoms with Crippen LogP contribution in [-0.4, -0.2) is 41.6 Å². The van der Waals surface area contributed by atoms with Crippen LogP contribution < -0.4 is 4.74 Å². The molecule has 20 heavy (non-hydrogen) atoms. The van der Waals surface area contributed by atoms with Crippen LogP contribution in [0.5, 0.6) is 5.75 Å². The highest BCUT2D eigenvalue weighted by Gasteiger charge is 2.32. The molecule has 0 aliphatic heterocycles. The lowest BCUT2D eigenvalue weighted by Crippen LogP contribution is -2.36. The summed E-state index contributed by atoms with van der Waals surface area (Å²) in [7, 11) is 1.56. The summed E-state index contributed by atoms with van der Waals surface area (Å²) in [6.45, 7) is -0.250. The van der Waals surface area contributed by atoms with Gasteiger partial charge in [-0.05, 0) is 25.0 Å². The maximum atomic E-state index is 12.1. The van der Waals surface area contributed by atoms with Crippen molar-refractivity contribution in [2.45, 2.75) is 18.9 Å². The normalized spacial score (nSPS) is 14.2. The van der Waals surface area contributed by atoms with Crippen LogP contribution in [0.3, 0.4) is 0 Å². The summed E-state index contributed by atoms with van der Waals surface area (Å²) >= 11 is 0. The van der Waals surface area contributed by atoms with Gasteiger partial charge < -0.3 is 14.7 Å². The van der Waals surface area contributed by atoms with Gasteiger partial charge in [-0.1, -0.05) is 18.2 Å². The highest BCUT2D eigenvalue weighted by atomic mass is 16.5. The van der Waals surface area contributed by atoms with E-state index in [0.717, 1.165) is 18.4 Å². The summed E-state index contributed by atoms with van der Waals surface area (Å²) in [6.07, 6.45) is 4.81. The van der Waals surface area contributed by atoms with E-state index in [4.69, 9.17) is 9.84 Å². The smallest absolute Gasteiger partial charge is 0.323 e. The average Bonchev–Trinajstić information content (AvgIpc) is 3.26. The Labute approximate surface area is 117 Å². The number of methoxy groups -OCH3 is 1. The van der Waals surface area contributed by atoms with Crippen LogP contribution in [0.15, 0.2) is 30.3 Å². The topological polar surface area (TPSA) is 66.8 Å². The van der Waals surface area contributed by atoms with E-state index < -0.39 is 5.97 Å². The molecule has 1 aromatic carbocycles. The van der Waals surface area contributed by atoms with E-state index in [1.165, 1.54) is 11.0 Å². The molecule has 0 bridgehead atoms. The van der Waals surface area contributed by atoms with Crippen molar-refractivity contribution >= 4 is 18.0 Å². The first-order valence-electron chi connectivity index (χ1n) is 6.45. The van der Waals surface area contributed by atoms with Gasteiger partial charge in [0.15, 0.2) is 0 Å². The quantitative estimate of drug-likeness (QED) is 0.804. The second-order valence-electron chi connectivity index (χ2n) is 4.67. The van der Waals surface area contributed by atoms with Crippen molar-refractivity contribution in [3.05, 3.63) is 35.9 Å². The molecular weight excluding hydrogens is 258 g/mol. The van der Waals surface area contributed by atoms with Crippen LogP contribution in [0.2, 0.25) is 0 Å². The lowest BCUT2D eigenvalue weighted by molar-refractivity contribution is -0.143. The molecule has 0 unspecified atom stereocenters. The summed E-state index contributed by atoms with van der Waals surface area (Å²) in [4.78, 5) is 24.2. The van der Waals surface area contributed by atoms with Gasteiger partial charge in [-0.2, -0.15) is 0 Å². The van der Waals surface area contributed by atoms with E-state index in [1.54, 1.807) is 19.3 Å². The molecule has 0 heterocycles. The van der Waals surface area contributed by atoms with Crippen LogP contribution in [0.25, 0.3) is 6.08 Å². The van der Waals surface area contributed by atoms with Gasteiger partial charge in [0.1, 0.15) is 12.3 Å². The first kappa shape index (κ1) is 14.1. The second kappa shape index (κ2) is 6.23. The van der Waals surface area contributed by atoms with E-state index in [2.05, 4.69) is 0 Å². The molecule has 0 radical (unpaired) electrons. The number of carboxylic acid groups (broad SMARTS) is 1. The molecule has 0 aromatic heterocycles. The number of ether oxygens (including phenoxy) is 1. The number of carbonyl (C=O) groups excluding carboxylic acids is 1. The zero-order valence-corrected chi connectivity index (χ0v) is 11.3. The van der Waals surface area contributed by atoms with Crippen LogP contribution >= 0.6 is 0 Å². The maximum absolute atomic E-state index is 12.1. The van der Waals surface area contributed by atoms with Crippen molar-refractivity contribution in [1.82, 2.24) is 4.90 Å². The van der Waals surface area contributed by atoms with Crippen molar-refractivity contribution < 1.29 is 19.4 Å². The average molecular weight is 275 g/mol. The van der Waals surface area contributed by atoms with Crippen molar-refractivity contribution in [2.75, 3.05) is 13.7 Å². The molecule has 5 nitrogen and oxygen atoms in total. The van der Waals surface area contributed by atoms with Crippen molar-refractivity contribution in [3.63, 3.8) is 0 Å². The Morgan fingerprint density at radius 3 is 2.70 bits per heavy atom. The van der Waals surface area contributed by atoms with Gasteiger partial charge in [0.05, 0.1) is 7.11 Å². The number of carboxylic acids is 1. The second-order valence-corrected chi connectivity index (χ2v) is 4.67. The molecule has 1 saturated carbocycles. The minimum atomic E-state index is -0.990. The Bertz CT molecular complexity index is 534. The molecule has 1 aliphatic rings. The molecule has 1 N–H and O–H groups in total. The Morgan fingerprint density at radius 2 is 2.10 bits per heavy atom. The van der Waals surface area contributed by atoms with Gasteiger partial charge >= 0.3 is 5.97 Å². The number of aliphatic carboxylic acids is 1. The number of hydrogen-bond donors (Lipinski definition) is 1. The standard InChI is InChI=1S/C15H17NO4/c1-20-13-5-3-2-4-11(13)6-9-14(17)16(10-15(18)19)12-7-8-12/h2-6,9,12H,7-8,10H2,1H3,(H,18,19)/b9-6+. The molecule has 0 saturated heterocycles. The number of hydrogen-bond acceptors (Lipinski definition) is 3. The van der Waals surface area contributed by atoms with Crippen LogP contribution in [0, 0.1) is 0 Å². The van der Waals surface area contributed by atoms with Crippen molar-refractivity contribution in [1.29, 1.82) is 0 Å². The van der Waals surface area contributed by atoms with Crippen LogP contribution in [-0.2, 0) is 9.59 Å². The maximum Gasteiger partial charge on any atom is 0.323 e. The number of nitrogens with zero attached hydrogens (tertiary/aromatic N) is 1. The number of carbonyl (C=O) groups is 2. The molecule has 1 aliphatic carbocycles. The zero-order valence-electron chi connectivity index (χ0n) is 11.3. The van der Waals surface area contributed by atoms with E-state index >= 15 is 0 Å². The Hall–Kier alpha value is -2.30. The van der Waals surface area contributed by atoms with Gasteiger partial charge in [-0.25, -0.2) is 0 Å². The fraction of sp³-hybridized carbons (Fsp3) is 0.333. The zero-order chi connectivity index (χ0) is 14.5. The van der Waals surface area contributed by atoms with Gasteiger partial charge in [0.25, 0.3) is 0 Å². The van der Waals surface area contributed by atoms with Gasteiger partial charge in [-0.15, -0.1) is 0 Å². The predicted molar refractivity (Wildman–Crippen MR) is 74.4 cm³/mol. The number of benzene rings is 1. The Morgan fingerprint density at radius 1 is 1.40 bits per heavy atom. The molecule has 1 aromatic rings. The van der Waals surface area contributed by atoms with Crippen LogP contribution in [0.4, 0.5) is 0 Å². The first-order valence-corrected chi connectivity index (χ1v) is 6.45. The molecule has 106 valence electrons. The van der Waals surface area contributed by atoms with E-state index in [9.17, 15) is 9.59 Å². The minimum absolute atomic E-state index is 0.0703. The number of rotatable bonds is 6. The fourth-order valence-corrected chi connectivity index (χ4v) is 1.98. The molecule has 0 atom stereocenters. The third kappa shape index (κ3) is 3.60. The largest absolute Gasteiger partial charge is 0.496 e. The van der Waals surface area contributed by atoms with E-state index in [1.807, 2.05) is 18.2 Å². The minimum Gasteiger partial charge on any atom is -0.496 e. The molecule has 1 fully saturated rings. The lowest BCUT2D eigenvalue weighted by atomic mass is 10.2. The third-order valence-corrected chi connectivity index (χ3v) is 3.12. The highest BCUT2D eigenvalue weighted by molar-refractivity contribution is 5.94. The highest BCUT2D eigenvalue weighted by Crippen LogP contribution is 2.27. The fourth-order valence-electron chi connectivity index (χ4n) is 1.98. The summed E-state index contributed by atoms with van der Waals surface area (Å²) in [5.74, 6) is -0.593. The van der Waals surface area contributed by atoms with E-state index in [0.29, 0.717) is 5.75 Å². The molecule has 0 spiro atoms. The summed E-state index contributed by atoms with van der Waals surface area (Å²) in [5.41, 5.74) is 0.787. The third-order valence-electron chi connectivity index (χ3n) is 3.12. The number of amides is 1. The Balaban J connectivity index is 2.08. The SMILES string of the molecule is COc1ccccc1/C=C/C(=O)N(CC(=O)O)C1CC1. The predicted octanol–water partition coefficient (Wildman–Crippen LogP) is 1.78. The summed E-state index contributed by atoms with van der Waals surface area (Å²) < 4.78 is 5.19. The monoisotopic (exact) mass is 275 g/mol. The van der Waals surface area contributed by atoms with Gasteiger partial charge in [-0.3, -0.25) is 9.59 Å². The summed E-state index contributed by atoms with van der Waals surface area (Å²) in [5, 5.41) is 8.84. The molecule has 1 amide bonds.